The van der Waals surface area contributed by atoms with Crippen LogP contribution in [0.2, 0.25) is 0 Å². The smallest absolute Gasteiger partial charge is 0.125 e. The molecule has 1 fully saturated rings. The molecule has 1 aromatic rings. The highest BCUT2D eigenvalue weighted by atomic mass is 16.5. The lowest BCUT2D eigenvalue weighted by Crippen LogP contribution is -2.42. The van der Waals surface area contributed by atoms with Gasteiger partial charge >= 0.3 is 0 Å². The Labute approximate surface area is 115 Å². The van der Waals surface area contributed by atoms with Crippen LogP contribution in [0.1, 0.15) is 50.6 Å². The van der Waals surface area contributed by atoms with Gasteiger partial charge in [0, 0.05) is 18.0 Å². The molecule has 3 heteroatoms. The largest absolute Gasteiger partial charge is 0.497 e. The van der Waals surface area contributed by atoms with Crippen molar-refractivity contribution in [2.75, 3.05) is 13.7 Å². The maximum atomic E-state index is 6.36. The molecule has 3 nitrogen and oxygen atoms in total. The zero-order chi connectivity index (χ0) is 13.3. The summed E-state index contributed by atoms with van der Waals surface area (Å²) in [5.41, 5.74) is 1.33. The molecule has 0 aromatic heterocycles. The minimum absolute atomic E-state index is 0.0778. The second-order valence-electron chi connectivity index (χ2n) is 5.71. The van der Waals surface area contributed by atoms with E-state index in [2.05, 4.69) is 24.4 Å². The van der Waals surface area contributed by atoms with Gasteiger partial charge in [-0.3, -0.25) is 0 Å². The summed E-state index contributed by atoms with van der Waals surface area (Å²) in [6, 6.07) is 6.57. The molecule has 0 radical (unpaired) electrons. The van der Waals surface area contributed by atoms with Crippen molar-refractivity contribution in [2.45, 2.75) is 50.7 Å². The molecule has 0 bridgehead atoms. The van der Waals surface area contributed by atoms with E-state index in [1.54, 1.807) is 7.11 Å². The number of ether oxygens (including phenoxy) is 2. The molecule has 1 spiro atoms. The normalized spacial score (nSPS) is 24.0. The average Bonchev–Trinajstić information content (AvgIpc) is 2.86. The molecular weight excluding hydrogens is 238 g/mol. The first-order chi connectivity index (χ1) is 9.26. The molecule has 104 valence electrons. The van der Waals surface area contributed by atoms with Crippen LogP contribution in [0.25, 0.3) is 0 Å². The van der Waals surface area contributed by atoms with Crippen LogP contribution < -0.4 is 14.8 Å². The Morgan fingerprint density at radius 1 is 1.37 bits per heavy atom. The summed E-state index contributed by atoms with van der Waals surface area (Å²) in [6.07, 6.45) is 6.07. The van der Waals surface area contributed by atoms with Crippen LogP contribution in [0.4, 0.5) is 0 Å². The maximum absolute atomic E-state index is 6.36. The Morgan fingerprint density at radius 2 is 2.16 bits per heavy atom. The van der Waals surface area contributed by atoms with Crippen LogP contribution in [-0.2, 0) is 0 Å². The van der Waals surface area contributed by atoms with Gasteiger partial charge in [-0.25, -0.2) is 0 Å². The number of methoxy groups -OCH3 is 1. The summed E-state index contributed by atoms with van der Waals surface area (Å²) in [7, 11) is 1.71. The highest BCUT2D eigenvalue weighted by molar-refractivity contribution is 5.44. The summed E-state index contributed by atoms with van der Waals surface area (Å²) in [5.74, 6) is 1.95. The fourth-order valence-corrected chi connectivity index (χ4v) is 3.53. The Bertz CT molecular complexity index is 452. The SMILES string of the molecule is CCNC1CC2(CCCC2)Oc2ccc(OC)cc21. The molecule has 1 heterocycles. The average molecular weight is 261 g/mol. The monoisotopic (exact) mass is 261 g/mol. The van der Waals surface area contributed by atoms with Gasteiger partial charge < -0.3 is 14.8 Å². The van der Waals surface area contributed by atoms with Crippen molar-refractivity contribution >= 4 is 0 Å². The maximum Gasteiger partial charge on any atom is 0.125 e. The summed E-state index contributed by atoms with van der Waals surface area (Å²) in [6.45, 7) is 3.15. The molecule has 1 atom stereocenters. The lowest BCUT2D eigenvalue weighted by atomic mass is 9.86. The first-order valence-corrected chi connectivity index (χ1v) is 7.37. The number of nitrogens with one attached hydrogen (secondary N) is 1. The predicted octanol–water partition coefficient (Wildman–Crippen LogP) is 3.44. The third-order valence-corrected chi connectivity index (χ3v) is 4.46. The van der Waals surface area contributed by atoms with Gasteiger partial charge in [0.05, 0.1) is 7.11 Å². The molecule has 3 rings (SSSR count). The van der Waals surface area contributed by atoms with Crippen molar-refractivity contribution in [1.82, 2.24) is 5.32 Å². The molecule has 19 heavy (non-hydrogen) atoms. The van der Waals surface area contributed by atoms with Crippen LogP contribution in [0.5, 0.6) is 11.5 Å². The Hall–Kier alpha value is -1.22. The van der Waals surface area contributed by atoms with Gasteiger partial charge in [-0.1, -0.05) is 6.92 Å². The lowest BCUT2D eigenvalue weighted by Gasteiger charge is -2.40. The quantitative estimate of drug-likeness (QED) is 0.904. The number of hydrogen-bond acceptors (Lipinski definition) is 3. The summed E-state index contributed by atoms with van der Waals surface area (Å²) in [4.78, 5) is 0. The minimum atomic E-state index is 0.0778. The number of hydrogen-bond donors (Lipinski definition) is 1. The van der Waals surface area contributed by atoms with Gasteiger partial charge in [0.1, 0.15) is 17.1 Å². The molecule has 1 saturated carbocycles. The molecule has 2 aliphatic rings. The highest BCUT2D eigenvalue weighted by Crippen LogP contribution is 2.47. The first kappa shape index (κ1) is 12.8. The third kappa shape index (κ3) is 2.32. The minimum Gasteiger partial charge on any atom is -0.497 e. The van der Waals surface area contributed by atoms with Gasteiger partial charge in [-0.15, -0.1) is 0 Å². The van der Waals surface area contributed by atoms with E-state index in [1.807, 2.05) is 6.07 Å². The Kier molecular flexibility index (Phi) is 3.40. The Balaban J connectivity index is 1.96. The zero-order valence-corrected chi connectivity index (χ0v) is 11.9. The fraction of sp³-hybridized carbons (Fsp3) is 0.625. The van der Waals surface area contributed by atoms with Gasteiger partial charge in [0.15, 0.2) is 0 Å². The van der Waals surface area contributed by atoms with Crippen molar-refractivity contribution in [1.29, 1.82) is 0 Å². The van der Waals surface area contributed by atoms with Gasteiger partial charge in [0.25, 0.3) is 0 Å². The molecule has 0 amide bonds. The van der Waals surface area contributed by atoms with Crippen molar-refractivity contribution in [3.63, 3.8) is 0 Å². The summed E-state index contributed by atoms with van der Waals surface area (Å²) >= 11 is 0. The van der Waals surface area contributed by atoms with E-state index in [0.717, 1.165) is 24.5 Å². The van der Waals surface area contributed by atoms with Crippen LogP contribution in [0.3, 0.4) is 0 Å². The van der Waals surface area contributed by atoms with E-state index < -0.39 is 0 Å². The van der Waals surface area contributed by atoms with E-state index in [9.17, 15) is 0 Å². The van der Waals surface area contributed by atoms with E-state index in [0.29, 0.717) is 6.04 Å². The van der Waals surface area contributed by atoms with E-state index in [1.165, 1.54) is 31.2 Å². The number of fused-ring (bicyclic) bond motifs is 1. The first-order valence-electron chi connectivity index (χ1n) is 7.37. The molecule has 0 saturated heterocycles. The highest BCUT2D eigenvalue weighted by Gasteiger charge is 2.42. The number of benzene rings is 1. The van der Waals surface area contributed by atoms with Crippen LogP contribution >= 0.6 is 0 Å². The second-order valence-corrected chi connectivity index (χ2v) is 5.71. The number of rotatable bonds is 3. The molecule has 1 N–H and O–H groups in total. The third-order valence-electron chi connectivity index (χ3n) is 4.46. The lowest BCUT2D eigenvalue weighted by molar-refractivity contribution is 0.0369. The second kappa shape index (κ2) is 5.04. The summed E-state index contributed by atoms with van der Waals surface area (Å²) in [5, 5.41) is 3.61. The van der Waals surface area contributed by atoms with Crippen molar-refractivity contribution in [3.05, 3.63) is 23.8 Å². The van der Waals surface area contributed by atoms with E-state index in [4.69, 9.17) is 9.47 Å². The molecule has 1 unspecified atom stereocenters. The fourth-order valence-electron chi connectivity index (χ4n) is 3.53. The summed E-state index contributed by atoms with van der Waals surface area (Å²) < 4.78 is 11.7. The molecule has 1 aliphatic carbocycles. The predicted molar refractivity (Wildman–Crippen MR) is 75.9 cm³/mol. The van der Waals surface area contributed by atoms with Crippen LogP contribution in [0, 0.1) is 0 Å². The zero-order valence-electron chi connectivity index (χ0n) is 11.9. The van der Waals surface area contributed by atoms with Gasteiger partial charge in [-0.2, -0.15) is 0 Å². The Morgan fingerprint density at radius 3 is 2.84 bits per heavy atom. The van der Waals surface area contributed by atoms with Crippen molar-refractivity contribution in [3.8, 4) is 11.5 Å². The van der Waals surface area contributed by atoms with Crippen molar-refractivity contribution in [2.24, 2.45) is 0 Å². The topological polar surface area (TPSA) is 30.5 Å². The van der Waals surface area contributed by atoms with E-state index >= 15 is 0 Å². The molecule has 1 aliphatic heterocycles. The van der Waals surface area contributed by atoms with E-state index in [-0.39, 0.29) is 5.60 Å². The molecule has 1 aromatic carbocycles. The van der Waals surface area contributed by atoms with Crippen LogP contribution in [-0.4, -0.2) is 19.3 Å². The van der Waals surface area contributed by atoms with Gasteiger partial charge in [-0.05, 0) is 50.4 Å². The van der Waals surface area contributed by atoms with Crippen LogP contribution in [0.15, 0.2) is 18.2 Å². The van der Waals surface area contributed by atoms with Gasteiger partial charge in [0.2, 0.25) is 0 Å². The van der Waals surface area contributed by atoms with Crippen molar-refractivity contribution < 1.29 is 9.47 Å². The standard InChI is InChI=1S/C16H23NO2/c1-3-17-14-11-16(8-4-5-9-16)19-15-7-6-12(18-2)10-13(14)15/h6-7,10,14,17H,3-5,8-9,11H2,1-2H3. The molecular formula is C16H23NO2.